The molecule has 0 radical (unpaired) electrons. The molecule has 1 aliphatic heterocycles. The van der Waals surface area contributed by atoms with Gasteiger partial charge in [-0.3, -0.25) is 14.5 Å². The molecule has 2 rings (SSSR count). The summed E-state index contributed by atoms with van der Waals surface area (Å²) in [6.07, 6.45) is 1.49. The van der Waals surface area contributed by atoms with Crippen molar-refractivity contribution in [3.05, 3.63) is 21.4 Å². The van der Waals surface area contributed by atoms with Crippen molar-refractivity contribution in [2.45, 2.75) is 33.1 Å². The fourth-order valence-corrected chi connectivity index (χ4v) is 3.66. The zero-order valence-electron chi connectivity index (χ0n) is 14.0. The van der Waals surface area contributed by atoms with Gasteiger partial charge in [0.2, 0.25) is 5.91 Å². The number of nitrogens with one attached hydrogen (secondary N) is 1. The minimum Gasteiger partial charge on any atom is -0.379 e. The van der Waals surface area contributed by atoms with Gasteiger partial charge in [0.15, 0.2) is 5.78 Å². The van der Waals surface area contributed by atoms with Gasteiger partial charge in [-0.25, -0.2) is 0 Å². The highest BCUT2D eigenvalue weighted by atomic mass is 32.1. The van der Waals surface area contributed by atoms with E-state index in [0.717, 1.165) is 54.6 Å². The standard InChI is InChI=1S/C17H26N2O3S/c1-13-12-15(14(2)23-13)16(20)4-5-17(21)18-6-3-7-19-8-10-22-11-9-19/h12H,3-11H2,1-2H3,(H,18,21). The molecule has 0 bridgehead atoms. The summed E-state index contributed by atoms with van der Waals surface area (Å²) >= 11 is 1.63. The molecule has 1 aliphatic rings. The van der Waals surface area contributed by atoms with Crippen molar-refractivity contribution in [2.75, 3.05) is 39.4 Å². The molecule has 0 spiro atoms. The van der Waals surface area contributed by atoms with Crippen LogP contribution >= 0.6 is 11.3 Å². The predicted octanol–water partition coefficient (Wildman–Crippen LogP) is 2.17. The fourth-order valence-electron chi connectivity index (χ4n) is 2.71. The van der Waals surface area contributed by atoms with Gasteiger partial charge in [0.25, 0.3) is 0 Å². The summed E-state index contributed by atoms with van der Waals surface area (Å²) in [5.41, 5.74) is 0.771. The van der Waals surface area contributed by atoms with Gasteiger partial charge in [-0.05, 0) is 32.9 Å². The lowest BCUT2D eigenvalue weighted by Crippen LogP contribution is -2.38. The van der Waals surface area contributed by atoms with Gasteiger partial charge in [0.05, 0.1) is 13.2 Å². The Hall–Kier alpha value is -1.24. The van der Waals surface area contributed by atoms with Crippen molar-refractivity contribution in [2.24, 2.45) is 0 Å². The molecule has 2 heterocycles. The first-order chi connectivity index (χ1) is 11.1. The van der Waals surface area contributed by atoms with E-state index < -0.39 is 0 Å². The fraction of sp³-hybridized carbons (Fsp3) is 0.647. The average molecular weight is 338 g/mol. The Balaban J connectivity index is 1.59. The topological polar surface area (TPSA) is 58.6 Å². The number of hydrogen-bond acceptors (Lipinski definition) is 5. The first-order valence-corrected chi connectivity index (χ1v) is 9.05. The van der Waals surface area contributed by atoms with Crippen LogP contribution in [0.5, 0.6) is 0 Å². The highest BCUT2D eigenvalue weighted by molar-refractivity contribution is 7.12. The highest BCUT2D eigenvalue weighted by Gasteiger charge is 2.14. The largest absolute Gasteiger partial charge is 0.379 e. The predicted molar refractivity (Wildman–Crippen MR) is 92.2 cm³/mol. The van der Waals surface area contributed by atoms with Crippen LogP contribution in [0.15, 0.2) is 6.07 Å². The number of carbonyl (C=O) groups excluding carboxylic acids is 2. The number of ether oxygens (including phenoxy) is 1. The van der Waals surface area contributed by atoms with E-state index >= 15 is 0 Å². The molecule has 0 atom stereocenters. The molecule has 0 aromatic carbocycles. The first kappa shape index (κ1) is 18.1. The molecule has 6 heteroatoms. The van der Waals surface area contributed by atoms with E-state index in [2.05, 4.69) is 10.2 Å². The number of amides is 1. The second kappa shape index (κ2) is 9.15. The van der Waals surface area contributed by atoms with Crippen LogP contribution in [-0.4, -0.2) is 56.0 Å². The Morgan fingerprint density at radius 1 is 1.26 bits per heavy atom. The maximum Gasteiger partial charge on any atom is 0.220 e. The molecular formula is C17H26N2O3S. The zero-order chi connectivity index (χ0) is 16.7. The lowest BCUT2D eigenvalue weighted by atomic mass is 10.1. The second-order valence-electron chi connectivity index (χ2n) is 5.91. The van der Waals surface area contributed by atoms with E-state index in [4.69, 9.17) is 4.74 Å². The van der Waals surface area contributed by atoms with Crippen LogP contribution in [0.3, 0.4) is 0 Å². The normalized spacial score (nSPS) is 15.6. The summed E-state index contributed by atoms with van der Waals surface area (Å²) in [7, 11) is 0. The molecule has 0 saturated carbocycles. The Labute approximate surface area is 142 Å². The third-order valence-electron chi connectivity index (χ3n) is 4.00. The van der Waals surface area contributed by atoms with E-state index in [9.17, 15) is 9.59 Å². The molecule has 1 N–H and O–H groups in total. The van der Waals surface area contributed by atoms with Gasteiger partial charge >= 0.3 is 0 Å². The van der Waals surface area contributed by atoms with Crippen LogP contribution in [-0.2, 0) is 9.53 Å². The van der Waals surface area contributed by atoms with Crippen molar-refractivity contribution in [1.29, 1.82) is 0 Å². The molecule has 1 aromatic rings. The van der Waals surface area contributed by atoms with Crippen LogP contribution in [0.2, 0.25) is 0 Å². The summed E-state index contributed by atoms with van der Waals surface area (Å²) in [5, 5.41) is 2.90. The van der Waals surface area contributed by atoms with E-state index in [1.54, 1.807) is 11.3 Å². The molecule has 0 aliphatic carbocycles. The quantitative estimate of drug-likeness (QED) is 0.583. The Kier molecular flexibility index (Phi) is 7.20. The molecule has 5 nitrogen and oxygen atoms in total. The number of carbonyl (C=O) groups is 2. The molecule has 0 unspecified atom stereocenters. The molecule has 128 valence electrons. The van der Waals surface area contributed by atoms with E-state index in [-0.39, 0.29) is 24.5 Å². The number of ketones is 1. The monoisotopic (exact) mass is 338 g/mol. The van der Waals surface area contributed by atoms with Crippen molar-refractivity contribution in [3.8, 4) is 0 Å². The van der Waals surface area contributed by atoms with Gasteiger partial charge in [0.1, 0.15) is 0 Å². The van der Waals surface area contributed by atoms with Crippen LogP contribution in [0, 0.1) is 13.8 Å². The van der Waals surface area contributed by atoms with Crippen molar-refractivity contribution < 1.29 is 14.3 Å². The molecule has 1 aromatic heterocycles. The van der Waals surface area contributed by atoms with E-state index in [1.165, 1.54) is 0 Å². The van der Waals surface area contributed by atoms with Crippen LogP contribution in [0.25, 0.3) is 0 Å². The minimum absolute atomic E-state index is 0.0371. The molecule has 1 saturated heterocycles. The number of aryl methyl sites for hydroxylation is 2. The SMILES string of the molecule is Cc1cc(C(=O)CCC(=O)NCCCN2CCOCC2)c(C)s1. The number of rotatable bonds is 8. The Morgan fingerprint density at radius 2 is 2.00 bits per heavy atom. The molecule has 23 heavy (non-hydrogen) atoms. The van der Waals surface area contributed by atoms with Crippen LogP contribution in [0.4, 0.5) is 0 Å². The number of morpholine rings is 1. The lowest BCUT2D eigenvalue weighted by Gasteiger charge is -2.26. The summed E-state index contributed by atoms with van der Waals surface area (Å²) in [6, 6.07) is 1.92. The number of Topliss-reactive ketones (excluding diaryl/α,β-unsaturated/α-hetero) is 1. The second-order valence-corrected chi connectivity index (χ2v) is 7.37. The van der Waals surface area contributed by atoms with Gasteiger partial charge < -0.3 is 10.1 Å². The van der Waals surface area contributed by atoms with Crippen molar-refractivity contribution in [1.82, 2.24) is 10.2 Å². The highest BCUT2D eigenvalue weighted by Crippen LogP contribution is 2.22. The first-order valence-electron chi connectivity index (χ1n) is 8.23. The third kappa shape index (κ3) is 6.05. The van der Waals surface area contributed by atoms with Crippen molar-refractivity contribution >= 4 is 23.0 Å². The number of thiophene rings is 1. The molecule has 1 amide bonds. The third-order valence-corrected chi connectivity index (χ3v) is 4.96. The minimum atomic E-state index is -0.0371. The van der Waals surface area contributed by atoms with Crippen LogP contribution < -0.4 is 5.32 Å². The number of nitrogens with zero attached hydrogens (tertiary/aromatic N) is 1. The van der Waals surface area contributed by atoms with Gasteiger partial charge in [-0.1, -0.05) is 0 Å². The Bertz CT molecular complexity index is 536. The van der Waals surface area contributed by atoms with Gasteiger partial charge in [-0.2, -0.15) is 0 Å². The maximum atomic E-state index is 12.1. The van der Waals surface area contributed by atoms with Crippen molar-refractivity contribution in [3.63, 3.8) is 0 Å². The smallest absolute Gasteiger partial charge is 0.220 e. The summed E-state index contributed by atoms with van der Waals surface area (Å²) in [6.45, 7) is 9.15. The van der Waals surface area contributed by atoms with Gasteiger partial charge in [-0.15, -0.1) is 11.3 Å². The zero-order valence-corrected chi connectivity index (χ0v) is 14.8. The van der Waals surface area contributed by atoms with E-state index in [0.29, 0.717) is 6.54 Å². The summed E-state index contributed by atoms with van der Waals surface area (Å²) in [5.74, 6) is 0.0280. The summed E-state index contributed by atoms with van der Waals surface area (Å²) < 4.78 is 5.30. The Morgan fingerprint density at radius 3 is 2.65 bits per heavy atom. The lowest BCUT2D eigenvalue weighted by molar-refractivity contribution is -0.121. The van der Waals surface area contributed by atoms with E-state index in [1.807, 2.05) is 19.9 Å². The molecular weight excluding hydrogens is 312 g/mol. The molecule has 1 fully saturated rings. The average Bonchev–Trinajstić information content (AvgIpc) is 2.89. The maximum absolute atomic E-state index is 12.1. The summed E-state index contributed by atoms with van der Waals surface area (Å²) in [4.78, 5) is 28.5. The number of hydrogen-bond donors (Lipinski definition) is 1. The van der Waals surface area contributed by atoms with Gasteiger partial charge in [0, 0.05) is 47.8 Å². The van der Waals surface area contributed by atoms with Crippen LogP contribution in [0.1, 0.15) is 39.4 Å².